The first-order valence-corrected chi connectivity index (χ1v) is 10.7. The zero-order valence-electron chi connectivity index (χ0n) is 17.1. The number of hydrogen-bond donors (Lipinski definition) is 3. The molecular weight excluding hydrogens is 445 g/mol. The lowest BCUT2D eigenvalue weighted by atomic mass is 9.82. The molecule has 2 aliphatic heterocycles. The zero-order valence-corrected chi connectivity index (χ0v) is 17.9. The fraction of sp³-hybridized carbons (Fsp3) is 0.381. The van der Waals surface area contributed by atoms with Gasteiger partial charge in [-0.3, -0.25) is 4.90 Å². The summed E-state index contributed by atoms with van der Waals surface area (Å²) in [6, 6.07) is 4.51. The van der Waals surface area contributed by atoms with Crippen LogP contribution in [0.3, 0.4) is 0 Å². The van der Waals surface area contributed by atoms with Gasteiger partial charge in [-0.2, -0.15) is 0 Å². The molecule has 4 rings (SSSR count). The van der Waals surface area contributed by atoms with Crippen LogP contribution in [0.15, 0.2) is 52.1 Å². The Bertz CT molecular complexity index is 1070. The number of likely N-dealkylation sites (tertiary alicyclic amines) is 1. The largest absolute Gasteiger partial charge is 0.478 e. The molecular formula is C21H21F3N4O3S. The minimum atomic E-state index is -2.99. The quantitative estimate of drug-likeness (QED) is 0.606. The van der Waals surface area contributed by atoms with Crippen LogP contribution in [-0.4, -0.2) is 63.6 Å². The van der Waals surface area contributed by atoms with Gasteiger partial charge in [0.2, 0.25) is 0 Å². The lowest BCUT2D eigenvalue weighted by Crippen LogP contribution is -2.46. The number of aromatic nitrogens is 1. The van der Waals surface area contributed by atoms with Gasteiger partial charge in [0.15, 0.2) is 10.8 Å². The van der Waals surface area contributed by atoms with Crippen molar-refractivity contribution < 1.29 is 28.2 Å². The summed E-state index contributed by atoms with van der Waals surface area (Å²) in [4.78, 5) is 22.6. The molecule has 0 saturated carbocycles. The van der Waals surface area contributed by atoms with E-state index in [1.165, 1.54) is 40.5 Å². The van der Waals surface area contributed by atoms with E-state index in [4.69, 9.17) is 0 Å². The standard InChI is InChI=1S/C21H21F3N4O3S/c1-20(12-2-4-13(22)5-3-12)16(19(30)31)15(26-17(27-20)18-25-6-7-32-18)9-28-11-21(23,24)8-14(28)10-29/h2-7,14,29H,8-11H2,1H3,(H,26,27)(H,30,31). The molecule has 11 heteroatoms. The molecule has 0 spiro atoms. The summed E-state index contributed by atoms with van der Waals surface area (Å²) in [5.74, 6) is -4.47. The fourth-order valence-corrected chi connectivity index (χ4v) is 4.80. The molecule has 0 aliphatic carbocycles. The molecule has 2 atom stereocenters. The second-order valence-electron chi connectivity index (χ2n) is 7.96. The monoisotopic (exact) mass is 466 g/mol. The van der Waals surface area contributed by atoms with E-state index >= 15 is 0 Å². The number of alkyl halides is 2. The number of nitrogens with one attached hydrogen (secondary N) is 1. The van der Waals surface area contributed by atoms with E-state index in [0.29, 0.717) is 16.4 Å². The number of aliphatic carboxylic acids is 1. The van der Waals surface area contributed by atoms with Crippen molar-refractivity contribution >= 4 is 23.1 Å². The Balaban J connectivity index is 1.83. The second-order valence-corrected chi connectivity index (χ2v) is 8.86. The lowest BCUT2D eigenvalue weighted by Gasteiger charge is -2.36. The summed E-state index contributed by atoms with van der Waals surface area (Å²) in [6.07, 6.45) is 1.06. The molecule has 1 saturated heterocycles. The molecule has 170 valence electrons. The van der Waals surface area contributed by atoms with Gasteiger partial charge < -0.3 is 15.5 Å². The van der Waals surface area contributed by atoms with E-state index in [1.54, 1.807) is 18.5 Å². The third-order valence-electron chi connectivity index (χ3n) is 5.71. The Kier molecular flexibility index (Phi) is 5.82. The van der Waals surface area contributed by atoms with Crippen LogP contribution in [0, 0.1) is 5.82 Å². The molecule has 2 aromatic rings. The summed E-state index contributed by atoms with van der Waals surface area (Å²) >= 11 is 1.28. The topological polar surface area (TPSA) is 98.0 Å². The SMILES string of the molecule is CC1(c2ccc(F)cc2)N=C(c2nccs2)NC(CN2CC(F)(F)CC2CO)=C1C(=O)O. The molecule has 0 amide bonds. The number of carboxylic acid groups (broad SMARTS) is 1. The van der Waals surface area contributed by atoms with Crippen LogP contribution in [0.25, 0.3) is 0 Å². The van der Waals surface area contributed by atoms with Crippen molar-refractivity contribution in [1.82, 2.24) is 15.2 Å². The molecule has 2 unspecified atom stereocenters. The lowest BCUT2D eigenvalue weighted by molar-refractivity contribution is -0.133. The van der Waals surface area contributed by atoms with Gasteiger partial charge in [-0.1, -0.05) is 12.1 Å². The first-order chi connectivity index (χ1) is 15.1. The van der Waals surface area contributed by atoms with E-state index in [2.05, 4.69) is 15.3 Å². The maximum absolute atomic E-state index is 14.0. The van der Waals surface area contributed by atoms with Gasteiger partial charge in [0.25, 0.3) is 5.92 Å². The highest BCUT2D eigenvalue weighted by atomic mass is 32.1. The predicted octanol–water partition coefficient (Wildman–Crippen LogP) is 2.59. The van der Waals surface area contributed by atoms with Crippen LogP contribution in [0.5, 0.6) is 0 Å². The molecule has 0 bridgehead atoms. The van der Waals surface area contributed by atoms with Crippen molar-refractivity contribution in [2.24, 2.45) is 4.99 Å². The van der Waals surface area contributed by atoms with Gasteiger partial charge in [-0.05, 0) is 24.6 Å². The van der Waals surface area contributed by atoms with Gasteiger partial charge >= 0.3 is 5.97 Å². The first-order valence-electron chi connectivity index (χ1n) is 9.85. The molecule has 0 radical (unpaired) electrons. The van der Waals surface area contributed by atoms with Crippen LogP contribution in [-0.2, 0) is 10.3 Å². The number of halogens is 3. The molecule has 1 aromatic heterocycles. The fourth-order valence-electron chi connectivity index (χ4n) is 4.22. The Morgan fingerprint density at radius 1 is 1.34 bits per heavy atom. The van der Waals surface area contributed by atoms with Gasteiger partial charge in [-0.15, -0.1) is 11.3 Å². The van der Waals surface area contributed by atoms with Gasteiger partial charge in [-0.25, -0.2) is 27.9 Å². The molecule has 1 aromatic carbocycles. The highest BCUT2D eigenvalue weighted by Gasteiger charge is 2.47. The summed E-state index contributed by atoms with van der Waals surface area (Å²) in [5.41, 5.74) is -0.982. The van der Waals surface area contributed by atoms with Gasteiger partial charge in [0.05, 0.1) is 18.7 Å². The average molecular weight is 466 g/mol. The van der Waals surface area contributed by atoms with Crippen LogP contribution in [0.4, 0.5) is 13.2 Å². The van der Waals surface area contributed by atoms with E-state index in [-0.39, 0.29) is 17.8 Å². The molecule has 7 nitrogen and oxygen atoms in total. The highest BCUT2D eigenvalue weighted by molar-refractivity contribution is 7.11. The molecule has 1 fully saturated rings. The Morgan fingerprint density at radius 2 is 2.06 bits per heavy atom. The summed E-state index contributed by atoms with van der Waals surface area (Å²) < 4.78 is 41.6. The van der Waals surface area contributed by atoms with Crippen molar-refractivity contribution in [3.63, 3.8) is 0 Å². The van der Waals surface area contributed by atoms with E-state index in [9.17, 15) is 28.2 Å². The number of aliphatic hydroxyl groups is 1. The van der Waals surface area contributed by atoms with Gasteiger partial charge in [0.1, 0.15) is 11.4 Å². The van der Waals surface area contributed by atoms with E-state index < -0.39 is 48.9 Å². The maximum atomic E-state index is 14.0. The second kappa shape index (κ2) is 8.30. The number of aliphatic imine (C=N–C) groups is 1. The minimum absolute atomic E-state index is 0.142. The number of rotatable bonds is 6. The Morgan fingerprint density at radius 3 is 2.66 bits per heavy atom. The number of hydrogen-bond acceptors (Lipinski definition) is 7. The summed E-state index contributed by atoms with van der Waals surface area (Å²) in [5, 5.41) is 24.9. The van der Waals surface area contributed by atoms with E-state index in [0.717, 1.165) is 0 Å². The smallest absolute Gasteiger partial charge is 0.336 e. The number of benzene rings is 1. The third-order valence-corrected chi connectivity index (χ3v) is 6.49. The molecule has 3 N–H and O–H groups in total. The summed E-state index contributed by atoms with van der Waals surface area (Å²) in [7, 11) is 0. The zero-order chi connectivity index (χ0) is 23.1. The average Bonchev–Trinajstić information content (AvgIpc) is 3.35. The number of nitrogens with zero attached hydrogens (tertiary/aromatic N) is 3. The number of carboxylic acids is 1. The number of aliphatic hydroxyl groups excluding tert-OH is 1. The molecule has 2 aliphatic rings. The summed E-state index contributed by atoms with van der Waals surface area (Å²) in [6.45, 7) is 0.338. The maximum Gasteiger partial charge on any atom is 0.336 e. The minimum Gasteiger partial charge on any atom is -0.478 e. The molecule has 3 heterocycles. The van der Waals surface area contributed by atoms with Crippen molar-refractivity contribution in [3.8, 4) is 0 Å². The number of amidine groups is 1. The van der Waals surface area contributed by atoms with Crippen LogP contribution < -0.4 is 5.32 Å². The Labute approximate surface area is 185 Å². The number of carbonyl (C=O) groups is 1. The predicted molar refractivity (Wildman–Crippen MR) is 112 cm³/mol. The van der Waals surface area contributed by atoms with Crippen molar-refractivity contribution in [2.75, 3.05) is 19.7 Å². The van der Waals surface area contributed by atoms with Crippen LogP contribution in [0.1, 0.15) is 23.9 Å². The number of thiazole rings is 1. The molecule has 32 heavy (non-hydrogen) atoms. The van der Waals surface area contributed by atoms with Crippen LogP contribution in [0.2, 0.25) is 0 Å². The first kappa shape index (κ1) is 22.4. The van der Waals surface area contributed by atoms with Gasteiger partial charge in [0, 0.05) is 36.3 Å². The van der Waals surface area contributed by atoms with Crippen LogP contribution >= 0.6 is 11.3 Å². The van der Waals surface area contributed by atoms with Crippen molar-refractivity contribution in [3.05, 3.63) is 63.5 Å². The normalized spacial score (nSPS) is 25.5. The van der Waals surface area contributed by atoms with Crippen molar-refractivity contribution in [2.45, 2.75) is 30.8 Å². The van der Waals surface area contributed by atoms with Crippen molar-refractivity contribution in [1.29, 1.82) is 0 Å². The Hall–Kier alpha value is -2.76. The highest BCUT2D eigenvalue weighted by Crippen LogP contribution is 2.40. The third kappa shape index (κ3) is 4.15. The van der Waals surface area contributed by atoms with E-state index in [1.807, 2.05) is 0 Å².